The highest BCUT2D eigenvalue weighted by molar-refractivity contribution is 5.74. The van der Waals surface area contributed by atoms with Crippen LogP contribution in [-0.2, 0) is 42.9 Å². The van der Waals surface area contributed by atoms with Gasteiger partial charge in [0.2, 0.25) is 0 Å². The van der Waals surface area contributed by atoms with Crippen molar-refractivity contribution in [3.63, 3.8) is 0 Å². The van der Waals surface area contributed by atoms with E-state index < -0.39 is 67.3 Å². The molecule has 0 radical (unpaired) electrons. The summed E-state index contributed by atoms with van der Waals surface area (Å²) in [6.45, 7) is 5.70. The Kier molecular flexibility index (Phi) is 52.4. The van der Waals surface area contributed by atoms with Gasteiger partial charge in [-0.15, -0.1) is 0 Å². The molecule has 12 heteroatoms. The number of carbonyl (C=O) groups excluding carboxylic acids is 3. The number of hydrogen-bond acceptors (Lipinski definition) is 11. The summed E-state index contributed by atoms with van der Waals surface area (Å²) in [7, 11) is 0. The Hall–Kier alpha value is -5.14. The van der Waals surface area contributed by atoms with Crippen molar-refractivity contribution in [3.05, 3.63) is 134 Å². The summed E-state index contributed by atoms with van der Waals surface area (Å²) in [6, 6.07) is 0. The molecule has 0 amide bonds. The monoisotopic (exact) mass is 1160 g/mol. The molecule has 1 rings (SSSR count). The van der Waals surface area contributed by atoms with Crippen LogP contribution in [-0.4, -0.2) is 89.2 Å². The second-order valence-corrected chi connectivity index (χ2v) is 21.3. The smallest absolute Gasteiger partial charge is 0.335 e. The summed E-state index contributed by atoms with van der Waals surface area (Å²) < 4.78 is 28.5. The Morgan fingerprint density at radius 3 is 1.16 bits per heavy atom. The molecule has 1 saturated heterocycles. The number of carbonyl (C=O) groups is 4. The lowest BCUT2D eigenvalue weighted by Gasteiger charge is -2.40. The van der Waals surface area contributed by atoms with Crippen LogP contribution in [0, 0.1) is 0 Å². The number of aliphatic hydroxyl groups excluding tert-OH is 2. The molecule has 0 aromatic carbocycles. The van der Waals surface area contributed by atoms with E-state index in [9.17, 15) is 34.5 Å². The molecule has 0 aromatic rings. The van der Waals surface area contributed by atoms with E-state index in [4.69, 9.17) is 23.7 Å². The van der Waals surface area contributed by atoms with Gasteiger partial charge in [0.15, 0.2) is 24.6 Å². The Balaban J connectivity index is 2.72. The molecule has 12 nitrogen and oxygen atoms in total. The summed E-state index contributed by atoms with van der Waals surface area (Å²) in [6.07, 6.45) is 68.3. The quantitative estimate of drug-likeness (QED) is 0.0228. The van der Waals surface area contributed by atoms with E-state index in [1.54, 1.807) is 0 Å². The van der Waals surface area contributed by atoms with Crippen LogP contribution in [0.4, 0.5) is 0 Å². The summed E-state index contributed by atoms with van der Waals surface area (Å²) in [5.41, 5.74) is 0. The Labute approximate surface area is 502 Å². The summed E-state index contributed by atoms with van der Waals surface area (Å²) in [5.74, 6) is -3.22. The van der Waals surface area contributed by atoms with Gasteiger partial charge in [-0.1, -0.05) is 219 Å². The minimum Gasteiger partial charge on any atom is -0.479 e. The minimum absolute atomic E-state index is 0.0207. The molecule has 0 saturated carbocycles. The molecule has 468 valence electrons. The maximum absolute atomic E-state index is 13.2. The van der Waals surface area contributed by atoms with E-state index >= 15 is 0 Å². The highest BCUT2D eigenvalue weighted by Crippen LogP contribution is 2.26. The van der Waals surface area contributed by atoms with Crippen LogP contribution >= 0.6 is 0 Å². The number of aliphatic hydroxyl groups is 2. The number of rotatable bonds is 53. The molecule has 0 aromatic heterocycles. The Morgan fingerprint density at radius 1 is 0.410 bits per heavy atom. The number of esters is 3. The molecule has 1 fully saturated rings. The van der Waals surface area contributed by atoms with Gasteiger partial charge in [-0.05, 0) is 135 Å². The molecule has 1 aliphatic rings. The third-order valence-corrected chi connectivity index (χ3v) is 13.7. The van der Waals surface area contributed by atoms with Crippen LogP contribution in [0.3, 0.4) is 0 Å². The van der Waals surface area contributed by atoms with Gasteiger partial charge in [0.25, 0.3) is 0 Å². The molecular weight excluding hydrogens is 1040 g/mol. The number of ether oxygens (including phenoxy) is 5. The first-order valence-electron chi connectivity index (χ1n) is 32.2. The van der Waals surface area contributed by atoms with E-state index in [0.717, 1.165) is 154 Å². The predicted octanol–water partition coefficient (Wildman–Crippen LogP) is 17.3. The third kappa shape index (κ3) is 46.9. The van der Waals surface area contributed by atoms with E-state index in [1.165, 1.54) is 25.7 Å². The molecular formula is C71H112O12. The fourth-order valence-electron chi connectivity index (χ4n) is 8.83. The van der Waals surface area contributed by atoms with E-state index in [1.807, 2.05) is 0 Å². The molecule has 1 heterocycles. The average Bonchev–Trinajstić information content (AvgIpc) is 3.59. The normalized spacial score (nSPS) is 18.5. The zero-order valence-electron chi connectivity index (χ0n) is 51.6. The second kappa shape index (κ2) is 57.3. The fraction of sp³-hybridized carbons (Fsp3) is 0.634. The summed E-state index contributed by atoms with van der Waals surface area (Å²) in [5, 5.41) is 31.6. The fourth-order valence-corrected chi connectivity index (χ4v) is 8.83. The lowest BCUT2D eigenvalue weighted by Crippen LogP contribution is -2.61. The molecule has 6 unspecified atom stereocenters. The first kappa shape index (κ1) is 75.9. The van der Waals surface area contributed by atoms with Crippen LogP contribution in [0.5, 0.6) is 0 Å². The highest BCUT2D eigenvalue weighted by Gasteiger charge is 2.50. The van der Waals surface area contributed by atoms with Crippen molar-refractivity contribution in [1.82, 2.24) is 0 Å². The predicted molar refractivity (Wildman–Crippen MR) is 340 cm³/mol. The van der Waals surface area contributed by atoms with E-state index in [2.05, 4.69) is 154 Å². The minimum atomic E-state index is -1.93. The molecule has 0 bridgehead atoms. The number of carboxylic acids is 1. The van der Waals surface area contributed by atoms with Crippen LogP contribution in [0.1, 0.15) is 239 Å². The van der Waals surface area contributed by atoms with Gasteiger partial charge in [0.05, 0.1) is 6.61 Å². The van der Waals surface area contributed by atoms with Gasteiger partial charge in [0, 0.05) is 19.3 Å². The molecule has 0 aliphatic carbocycles. The van der Waals surface area contributed by atoms with Crippen molar-refractivity contribution in [2.24, 2.45) is 0 Å². The molecule has 0 spiro atoms. The van der Waals surface area contributed by atoms with Crippen molar-refractivity contribution >= 4 is 23.9 Å². The maximum Gasteiger partial charge on any atom is 0.335 e. The van der Waals surface area contributed by atoms with Gasteiger partial charge < -0.3 is 39.0 Å². The summed E-state index contributed by atoms with van der Waals surface area (Å²) in [4.78, 5) is 51.3. The third-order valence-electron chi connectivity index (χ3n) is 13.7. The van der Waals surface area contributed by atoms with Crippen LogP contribution in [0.25, 0.3) is 0 Å². The number of carboxylic acid groups (broad SMARTS) is 1. The average molecular weight is 1160 g/mol. The lowest BCUT2D eigenvalue weighted by atomic mass is 9.98. The molecule has 83 heavy (non-hydrogen) atoms. The van der Waals surface area contributed by atoms with Crippen molar-refractivity contribution < 1.29 is 58.2 Å². The van der Waals surface area contributed by atoms with Gasteiger partial charge in [0.1, 0.15) is 18.8 Å². The SMILES string of the molecule is CC/C=C\C/C=C\C/C=C\C/C=C\CCCCCCC(=O)OC(COC(=O)CCCCCCCC/C=C\C/C=C\C/C=C\CCCCC)COC1OC(C(=O)O)C(O)C(O)C1OC(=O)CCCCCC/C=C\C/C=C\C/C=C\C/C=C\CC. The van der Waals surface area contributed by atoms with Gasteiger partial charge in [-0.25, -0.2) is 4.79 Å². The van der Waals surface area contributed by atoms with Crippen LogP contribution < -0.4 is 0 Å². The molecule has 3 N–H and O–H groups in total. The maximum atomic E-state index is 13.2. The molecule has 6 atom stereocenters. The number of hydrogen-bond donors (Lipinski definition) is 3. The van der Waals surface area contributed by atoms with Gasteiger partial charge in [-0.2, -0.15) is 0 Å². The summed E-state index contributed by atoms with van der Waals surface area (Å²) >= 11 is 0. The van der Waals surface area contributed by atoms with Crippen LogP contribution in [0.15, 0.2) is 134 Å². The zero-order chi connectivity index (χ0) is 60.3. The van der Waals surface area contributed by atoms with Crippen molar-refractivity contribution in [2.45, 2.75) is 276 Å². The van der Waals surface area contributed by atoms with E-state index in [0.29, 0.717) is 19.3 Å². The van der Waals surface area contributed by atoms with Gasteiger partial charge in [-0.3, -0.25) is 14.4 Å². The van der Waals surface area contributed by atoms with Crippen molar-refractivity contribution in [2.75, 3.05) is 13.2 Å². The molecule has 1 aliphatic heterocycles. The first-order valence-corrected chi connectivity index (χ1v) is 32.2. The highest BCUT2D eigenvalue weighted by atomic mass is 16.7. The van der Waals surface area contributed by atoms with Crippen molar-refractivity contribution in [3.8, 4) is 0 Å². The Bertz CT molecular complexity index is 1950. The number of aliphatic carboxylic acids is 1. The number of allylic oxidation sites excluding steroid dienone is 22. The number of unbranched alkanes of at least 4 members (excludes halogenated alkanes) is 17. The largest absolute Gasteiger partial charge is 0.479 e. The second-order valence-electron chi connectivity index (χ2n) is 21.3. The zero-order valence-corrected chi connectivity index (χ0v) is 51.6. The standard InChI is InChI=1S/C71H112O12/c1-4-7-10-13-16-19-22-25-28-31-32-35-36-39-42-45-48-51-54-57-63(72)79-60-62(81-64(73)58-55-52-49-46-43-40-37-33-29-26-23-20-17-14-11-8-5-2)61-80-71-69(67(76)66(75)68(83-71)70(77)78)82-65(74)59-56-53-50-47-44-41-38-34-30-27-24-21-18-15-12-9-6-3/h8-9,11-12,16-21,25-30,32,35,37-38,40-41,62,66-69,71,75-76H,4-7,10,13-15,22-24,31,33-34,36,39,42-61H2,1-3H3,(H,77,78)/b11-8-,12-9-,19-16-,20-17-,21-18-,28-25-,29-26-,30-27-,35-32-,40-37-,41-38-. The Morgan fingerprint density at radius 2 is 0.759 bits per heavy atom. The van der Waals surface area contributed by atoms with E-state index in [-0.39, 0.29) is 25.9 Å². The first-order chi connectivity index (χ1) is 40.6. The van der Waals surface area contributed by atoms with Gasteiger partial charge >= 0.3 is 23.9 Å². The van der Waals surface area contributed by atoms with Crippen LogP contribution in [0.2, 0.25) is 0 Å². The topological polar surface area (TPSA) is 175 Å². The lowest BCUT2D eigenvalue weighted by molar-refractivity contribution is -0.301. The van der Waals surface area contributed by atoms with Crippen molar-refractivity contribution in [1.29, 1.82) is 0 Å².